The maximum atomic E-state index is 11.7. The molecule has 8 heteroatoms. The Balaban J connectivity index is 0.00000120. The quantitative estimate of drug-likeness (QED) is 0.619. The van der Waals surface area contributed by atoms with E-state index >= 15 is 0 Å². The first-order valence-electron chi connectivity index (χ1n) is 5.42. The standard InChI is InChI=1S/C10H11N3O4.ClH/c14-10(7-1-2-8(17-7)13(15)16)12-9-5-3-11-4-6(5)9;/h1-2,5-6,9,11H,3-4H2,(H,12,14);1H. The van der Waals surface area contributed by atoms with Gasteiger partial charge < -0.3 is 15.1 Å². The van der Waals surface area contributed by atoms with Crippen molar-refractivity contribution in [2.75, 3.05) is 13.1 Å². The number of fused-ring (bicyclic) bond motifs is 1. The van der Waals surface area contributed by atoms with Gasteiger partial charge in [-0.3, -0.25) is 14.9 Å². The van der Waals surface area contributed by atoms with Gasteiger partial charge >= 0.3 is 5.88 Å². The second-order valence-corrected chi connectivity index (χ2v) is 4.38. The largest absolute Gasteiger partial charge is 0.433 e. The van der Waals surface area contributed by atoms with Gasteiger partial charge in [-0.15, -0.1) is 12.4 Å². The molecule has 1 aliphatic carbocycles. The van der Waals surface area contributed by atoms with E-state index in [4.69, 9.17) is 4.42 Å². The zero-order chi connectivity index (χ0) is 12.0. The molecule has 2 N–H and O–H groups in total. The summed E-state index contributed by atoms with van der Waals surface area (Å²) in [5, 5.41) is 16.5. The van der Waals surface area contributed by atoms with Gasteiger partial charge in [-0.25, -0.2) is 0 Å². The molecule has 7 nitrogen and oxygen atoms in total. The average Bonchev–Trinajstić information content (AvgIpc) is 2.82. The van der Waals surface area contributed by atoms with Crippen LogP contribution in [0.5, 0.6) is 0 Å². The lowest BCUT2D eigenvalue weighted by Gasteiger charge is -2.05. The molecule has 0 bridgehead atoms. The first kappa shape index (κ1) is 12.8. The third kappa shape index (κ3) is 2.06. The van der Waals surface area contributed by atoms with E-state index in [1.165, 1.54) is 12.1 Å². The lowest BCUT2D eigenvalue weighted by atomic mass is 10.3. The van der Waals surface area contributed by atoms with Gasteiger partial charge in [-0.2, -0.15) is 0 Å². The number of hydrogen-bond donors (Lipinski definition) is 2. The molecule has 1 aromatic rings. The molecule has 0 aromatic carbocycles. The fourth-order valence-corrected chi connectivity index (χ4v) is 2.40. The van der Waals surface area contributed by atoms with Crippen molar-refractivity contribution in [2.24, 2.45) is 11.8 Å². The summed E-state index contributed by atoms with van der Waals surface area (Å²) in [6, 6.07) is 2.70. The van der Waals surface area contributed by atoms with Crippen LogP contribution < -0.4 is 10.6 Å². The SMILES string of the molecule is Cl.O=C(NC1C2CNCC21)c1ccc([N+](=O)[O-])o1. The maximum Gasteiger partial charge on any atom is 0.433 e. The molecule has 1 saturated carbocycles. The number of carbonyl (C=O) groups is 1. The van der Waals surface area contributed by atoms with Crippen molar-refractivity contribution >= 4 is 24.2 Å². The minimum Gasteiger partial charge on any atom is -0.395 e. The van der Waals surface area contributed by atoms with Crippen LogP contribution in [0.15, 0.2) is 16.5 Å². The van der Waals surface area contributed by atoms with Crippen LogP contribution in [0.1, 0.15) is 10.6 Å². The summed E-state index contributed by atoms with van der Waals surface area (Å²) in [7, 11) is 0. The highest BCUT2D eigenvalue weighted by molar-refractivity contribution is 5.92. The van der Waals surface area contributed by atoms with Gasteiger partial charge in [0, 0.05) is 19.1 Å². The van der Waals surface area contributed by atoms with Crippen LogP contribution in [-0.4, -0.2) is 30.0 Å². The van der Waals surface area contributed by atoms with Crippen LogP contribution in [0.3, 0.4) is 0 Å². The number of nitro groups is 1. The molecular formula is C10H12ClN3O4. The van der Waals surface area contributed by atoms with Crippen molar-refractivity contribution < 1.29 is 14.1 Å². The van der Waals surface area contributed by atoms with E-state index in [1.54, 1.807) is 0 Å². The van der Waals surface area contributed by atoms with Crippen molar-refractivity contribution in [1.82, 2.24) is 10.6 Å². The van der Waals surface area contributed by atoms with Crippen molar-refractivity contribution in [1.29, 1.82) is 0 Å². The highest BCUT2D eigenvalue weighted by atomic mass is 35.5. The van der Waals surface area contributed by atoms with Gasteiger partial charge in [0.2, 0.25) is 0 Å². The Morgan fingerprint density at radius 1 is 1.44 bits per heavy atom. The van der Waals surface area contributed by atoms with Gasteiger partial charge in [-0.05, 0) is 17.9 Å². The van der Waals surface area contributed by atoms with Crippen LogP contribution in [0.2, 0.25) is 0 Å². The summed E-state index contributed by atoms with van der Waals surface area (Å²) in [5.74, 6) is 0.215. The Labute approximate surface area is 108 Å². The summed E-state index contributed by atoms with van der Waals surface area (Å²) in [6.45, 7) is 1.85. The van der Waals surface area contributed by atoms with Gasteiger partial charge in [0.05, 0.1) is 6.07 Å². The van der Waals surface area contributed by atoms with Crippen LogP contribution >= 0.6 is 12.4 Å². The lowest BCUT2D eigenvalue weighted by molar-refractivity contribution is -0.402. The van der Waals surface area contributed by atoms with E-state index in [2.05, 4.69) is 10.6 Å². The third-order valence-electron chi connectivity index (χ3n) is 3.38. The molecule has 2 atom stereocenters. The Kier molecular flexibility index (Phi) is 3.27. The molecule has 1 saturated heterocycles. The highest BCUT2D eigenvalue weighted by Crippen LogP contribution is 2.41. The van der Waals surface area contributed by atoms with Gasteiger partial charge in [-0.1, -0.05) is 0 Å². The second-order valence-electron chi connectivity index (χ2n) is 4.38. The summed E-state index contributed by atoms with van der Waals surface area (Å²) in [6.07, 6.45) is 0. The van der Waals surface area contributed by atoms with E-state index in [0.717, 1.165) is 13.1 Å². The molecule has 2 heterocycles. The summed E-state index contributed by atoms with van der Waals surface area (Å²) in [5.41, 5.74) is 0. The molecule has 0 spiro atoms. The van der Waals surface area contributed by atoms with Crippen molar-refractivity contribution in [3.63, 3.8) is 0 Å². The van der Waals surface area contributed by atoms with E-state index in [9.17, 15) is 14.9 Å². The van der Waals surface area contributed by atoms with Crippen molar-refractivity contribution in [3.05, 3.63) is 28.0 Å². The van der Waals surface area contributed by atoms with E-state index < -0.39 is 10.8 Å². The number of nitrogens with zero attached hydrogens (tertiary/aromatic N) is 1. The molecule has 1 amide bonds. The molecule has 18 heavy (non-hydrogen) atoms. The number of nitrogens with one attached hydrogen (secondary N) is 2. The topological polar surface area (TPSA) is 97.4 Å². The van der Waals surface area contributed by atoms with Gasteiger partial charge in [0.25, 0.3) is 5.91 Å². The second kappa shape index (κ2) is 4.58. The molecule has 0 radical (unpaired) electrons. The van der Waals surface area contributed by atoms with Gasteiger partial charge in [0.15, 0.2) is 5.76 Å². The predicted molar refractivity (Wildman–Crippen MR) is 63.7 cm³/mol. The van der Waals surface area contributed by atoms with E-state index in [1.807, 2.05) is 0 Å². The molecule has 98 valence electrons. The number of furan rings is 1. The van der Waals surface area contributed by atoms with E-state index in [-0.39, 0.29) is 30.1 Å². The number of hydrogen-bond acceptors (Lipinski definition) is 5. The summed E-state index contributed by atoms with van der Waals surface area (Å²) >= 11 is 0. The smallest absolute Gasteiger partial charge is 0.395 e. The first-order valence-corrected chi connectivity index (χ1v) is 5.42. The van der Waals surface area contributed by atoms with Gasteiger partial charge in [0.1, 0.15) is 4.92 Å². The van der Waals surface area contributed by atoms with Crippen LogP contribution in [0.4, 0.5) is 5.88 Å². The maximum absolute atomic E-state index is 11.7. The normalized spacial score (nSPS) is 28.1. The minimum atomic E-state index is -0.660. The number of amides is 1. The predicted octanol–water partition coefficient (Wildman–Crippen LogP) is 0.557. The molecule has 2 fully saturated rings. The van der Waals surface area contributed by atoms with Crippen molar-refractivity contribution in [2.45, 2.75) is 6.04 Å². The number of rotatable bonds is 3. The Morgan fingerprint density at radius 2 is 2.11 bits per heavy atom. The highest BCUT2D eigenvalue weighted by Gasteiger charge is 2.53. The number of halogens is 1. The van der Waals surface area contributed by atoms with Crippen LogP contribution in [-0.2, 0) is 0 Å². The fourth-order valence-electron chi connectivity index (χ4n) is 2.40. The monoisotopic (exact) mass is 273 g/mol. The third-order valence-corrected chi connectivity index (χ3v) is 3.38. The van der Waals surface area contributed by atoms with Crippen LogP contribution in [0.25, 0.3) is 0 Å². The number of carbonyl (C=O) groups excluding carboxylic acids is 1. The fraction of sp³-hybridized carbons (Fsp3) is 0.500. The van der Waals surface area contributed by atoms with E-state index in [0.29, 0.717) is 11.8 Å². The lowest BCUT2D eigenvalue weighted by Crippen LogP contribution is -2.32. The Hall–Kier alpha value is -1.60. The summed E-state index contributed by atoms with van der Waals surface area (Å²) in [4.78, 5) is 21.5. The minimum absolute atomic E-state index is 0. The Morgan fingerprint density at radius 3 is 2.67 bits per heavy atom. The molecule has 1 aromatic heterocycles. The van der Waals surface area contributed by atoms with Crippen molar-refractivity contribution in [3.8, 4) is 0 Å². The Bertz CT molecular complexity index is 479. The zero-order valence-electron chi connectivity index (χ0n) is 9.29. The molecule has 1 aliphatic heterocycles. The zero-order valence-corrected chi connectivity index (χ0v) is 10.1. The number of piperidine rings is 1. The van der Waals surface area contributed by atoms with Crippen LogP contribution in [0, 0.1) is 22.0 Å². The molecule has 2 unspecified atom stereocenters. The molecule has 3 rings (SSSR count). The first-order chi connectivity index (χ1) is 8.16. The molecular weight excluding hydrogens is 262 g/mol. The molecule has 2 aliphatic rings. The average molecular weight is 274 g/mol. The summed E-state index contributed by atoms with van der Waals surface area (Å²) < 4.78 is 4.83.